The molecule has 2 atom stereocenters. The first-order valence-corrected chi connectivity index (χ1v) is 8.48. The maximum atomic E-state index is 12.2. The van der Waals surface area contributed by atoms with Crippen LogP contribution in [-0.2, 0) is 14.8 Å². The average Bonchev–Trinajstić information content (AvgIpc) is 2.47. The van der Waals surface area contributed by atoms with Gasteiger partial charge in [-0.3, -0.25) is 4.79 Å². The summed E-state index contributed by atoms with van der Waals surface area (Å²) in [5.41, 5.74) is 0.502. The normalized spacial score (nSPS) is 22.8. The standard InChI is InChI=1S/C14H21N3O3S/c1-10-8-11(6-7-16-10)14(18)17-12-4-3-5-13(9-12)21(19,20)15-2/h3-5,9-11,15-16H,6-8H2,1-2H3,(H,17,18). The Hall–Kier alpha value is -1.44. The van der Waals surface area contributed by atoms with Gasteiger partial charge in [0, 0.05) is 17.6 Å². The molecular weight excluding hydrogens is 290 g/mol. The van der Waals surface area contributed by atoms with Crippen molar-refractivity contribution in [2.45, 2.75) is 30.7 Å². The molecule has 0 radical (unpaired) electrons. The molecule has 21 heavy (non-hydrogen) atoms. The lowest BCUT2D eigenvalue weighted by atomic mass is 9.92. The maximum absolute atomic E-state index is 12.2. The number of hydrogen-bond acceptors (Lipinski definition) is 4. The van der Waals surface area contributed by atoms with E-state index < -0.39 is 10.0 Å². The fraction of sp³-hybridized carbons (Fsp3) is 0.500. The third-order valence-corrected chi connectivity index (χ3v) is 5.09. The molecule has 0 aromatic heterocycles. The summed E-state index contributed by atoms with van der Waals surface area (Å²) in [4.78, 5) is 12.4. The van der Waals surface area contributed by atoms with Gasteiger partial charge in [0.1, 0.15) is 0 Å². The van der Waals surface area contributed by atoms with Crippen molar-refractivity contribution < 1.29 is 13.2 Å². The van der Waals surface area contributed by atoms with Crippen molar-refractivity contribution in [2.75, 3.05) is 18.9 Å². The molecule has 1 amide bonds. The molecular formula is C14H21N3O3S. The van der Waals surface area contributed by atoms with Crippen molar-refractivity contribution >= 4 is 21.6 Å². The molecule has 0 aliphatic carbocycles. The van der Waals surface area contributed by atoms with Crippen LogP contribution in [0.2, 0.25) is 0 Å². The minimum Gasteiger partial charge on any atom is -0.326 e. The molecule has 1 aliphatic rings. The van der Waals surface area contributed by atoms with E-state index in [9.17, 15) is 13.2 Å². The molecule has 1 fully saturated rings. The first-order chi connectivity index (χ1) is 9.92. The van der Waals surface area contributed by atoms with Gasteiger partial charge in [-0.15, -0.1) is 0 Å². The van der Waals surface area contributed by atoms with Gasteiger partial charge in [0.15, 0.2) is 0 Å². The summed E-state index contributed by atoms with van der Waals surface area (Å²) >= 11 is 0. The van der Waals surface area contributed by atoms with Crippen LogP contribution in [0.3, 0.4) is 0 Å². The van der Waals surface area contributed by atoms with Gasteiger partial charge in [-0.05, 0) is 51.6 Å². The second-order valence-corrected chi connectivity index (χ2v) is 7.19. The maximum Gasteiger partial charge on any atom is 0.240 e. The number of piperidine rings is 1. The highest BCUT2D eigenvalue weighted by Crippen LogP contribution is 2.20. The van der Waals surface area contributed by atoms with Crippen LogP contribution in [0.25, 0.3) is 0 Å². The predicted octanol–water partition coefficient (Wildman–Crippen LogP) is 0.921. The molecule has 1 aromatic carbocycles. The zero-order valence-electron chi connectivity index (χ0n) is 12.2. The summed E-state index contributed by atoms with van der Waals surface area (Å²) in [5, 5.41) is 6.11. The first-order valence-electron chi connectivity index (χ1n) is 7.00. The van der Waals surface area contributed by atoms with E-state index >= 15 is 0 Å². The number of carbonyl (C=O) groups excluding carboxylic acids is 1. The number of amides is 1. The van der Waals surface area contributed by atoms with E-state index in [-0.39, 0.29) is 16.7 Å². The Bertz CT molecular complexity index is 616. The Kier molecular flexibility index (Phi) is 4.97. The SMILES string of the molecule is CNS(=O)(=O)c1cccc(NC(=O)C2CCNC(C)C2)c1. The fourth-order valence-corrected chi connectivity index (χ4v) is 3.25. The average molecular weight is 311 g/mol. The number of rotatable bonds is 4. The Morgan fingerprint density at radius 2 is 2.14 bits per heavy atom. The van der Waals surface area contributed by atoms with Gasteiger partial charge in [0.2, 0.25) is 15.9 Å². The number of carbonyl (C=O) groups is 1. The van der Waals surface area contributed by atoms with Crippen molar-refractivity contribution in [3.63, 3.8) is 0 Å². The highest BCUT2D eigenvalue weighted by Gasteiger charge is 2.24. The minimum atomic E-state index is -3.50. The molecule has 0 bridgehead atoms. The monoisotopic (exact) mass is 311 g/mol. The first kappa shape index (κ1) is 15.9. The van der Waals surface area contributed by atoms with Crippen LogP contribution < -0.4 is 15.4 Å². The topological polar surface area (TPSA) is 87.3 Å². The third-order valence-electron chi connectivity index (χ3n) is 3.68. The second-order valence-electron chi connectivity index (χ2n) is 5.30. The highest BCUT2D eigenvalue weighted by atomic mass is 32.2. The minimum absolute atomic E-state index is 0.0363. The van der Waals surface area contributed by atoms with Crippen LogP contribution in [0.1, 0.15) is 19.8 Å². The van der Waals surface area contributed by atoms with Crippen LogP contribution in [0, 0.1) is 5.92 Å². The van der Waals surface area contributed by atoms with E-state index in [1.165, 1.54) is 19.2 Å². The molecule has 1 aliphatic heterocycles. The lowest BCUT2D eigenvalue weighted by molar-refractivity contribution is -0.120. The Morgan fingerprint density at radius 3 is 2.81 bits per heavy atom. The van der Waals surface area contributed by atoms with Crippen molar-refractivity contribution in [1.82, 2.24) is 10.0 Å². The molecule has 1 heterocycles. The van der Waals surface area contributed by atoms with E-state index in [0.29, 0.717) is 11.7 Å². The summed E-state index contributed by atoms with van der Waals surface area (Å²) < 4.78 is 25.8. The van der Waals surface area contributed by atoms with Gasteiger partial charge in [-0.1, -0.05) is 6.07 Å². The molecule has 2 unspecified atom stereocenters. The Labute approximate surface area is 125 Å². The van der Waals surface area contributed by atoms with Gasteiger partial charge in [-0.2, -0.15) is 0 Å². The van der Waals surface area contributed by atoms with E-state index in [0.717, 1.165) is 19.4 Å². The van der Waals surface area contributed by atoms with Gasteiger partial charge in [0.05, 0.1) is 4.90 Å². The fourth-order valence-electron chi connectivity index (χ4n) is 2.47. The predicted molar refractivity (Wildman–Crippen MR) is 81.5 cm³/mol. The van der Waals surface area contributed by atoms with Gasteiger partial charge < -0.3 is 10.6 Å². The van der Waals surface area contributed by atoms with E-state index in [1.54, 1.807) is 12.1 Å². The van der Waals surface area contributed by atoms with E-state index in [2.05, 4.69) is 22.3 Å². The number of nitrogens with one attached hydrogen (secondary N) is 3. The molecule has 0 spiro atoms. The van der Waals surface area contributed by atoms with Crippen LogP contribution in [0.4, 0.5) is 5.69 Å². The number of benzene rings is 1. The number of hydrogen-bond donors (Lipinski definition) is 3. The van der Waals surface area contributed by atoms with E-state index in [4.69, 9.17) is 0 Å². The smallest absolute Gasteiger partial charge is 0.240 e. The molecule has 7 heteroatoms. The van der Waals surface area contributed by atoms with Crippen LogP contribution >= 0.6 is 0 Å². The van der Waals surface area contributed by atoms with Crippen LogP contribution in [-0.4, -0.2) is 34.0 Å². The molecule has 2 rings (SSSR count). The largest absolute Gasteiger partial charge is 0.326 e. The summed E-state index contributed by atoms with van der Waals surface area (Å²) in [6.07, 6.45) is 1.59. The lowest BCUT2D eigenvalue weighted by Crippen LogP contribution is -2.40. The van der Waals surface area contributed by atoms with Gasteiger partial charge >= 0.3 is 0 Å². The molecule has 0 saturated carbocycles. The highest BCUT2D eigenvalue weighted by molar-refractivity contribution is 7.89. The molecule has 3 N–H and O–H groups in total. The third kappa shape index (κ3) is 4.03. The molecule has 116 valence electrons. The van der Waals surface area contributed by atoms with Gasteiger partial charge in [0.25, 0.3) is 0 Å². The van der Waals surface area contributed by atoms with Crippen LogP contribution in [0.5, 0.6) is 0 Å². The van der Waals surface area contributed by atoms with Crippen LogP contribution in [0.15, 0.2) is 29.2 Å². The molecule has 1 saturated heterocycles. The Morgan fingerprint density at radius 1 is 1.38 bits per heavy atom. The van der Waals surface area contributed by atoms with Crippen molar-refractivity contribution in [3.8, 4) is 0 Å². The number of anilines is 1. The zero-order valence-corrected chi connectivity index (χ0v) is 13.0. The summed E-state index contributed by atoms with van der Waals surface area (Å²) in [5.74, 6) is -0.0897. The lowest BCUT2D eigenvalue weighted by Gasteiger charge is -2.27. The molecule has 6 nitrogen and oxygen atoms in total. The quantitative estimate of drug-likeness (QED) is 0.772. The molecule has 1 aromatic rings. The zero-order chi connectivity index (χ0) is 15.5. The Balaban J connectivity index is 2.09. The number of sulfonamides is 1. The summed E-state index contributed by atoms with van der Waals surface area (Å²) in [7, 11) is -2.14. The van der Waals surface area contributed by atoms with Crippen molar-refractivity contribution in [3.05, 3.63) is 24.3 Å². The van der Waals surface area contributed by atoms with Gasteiger partial charge in [-0.25, -0.2) is 13.1 Å². The second kappa shape index (κ2) is 6.55. The summed E-state index contributed by atoms with van der Waals surface area (Å²) in [6, 6.07) is 6.59. The van der Waals surface area contributed by atoms with Crippen molar-refractivity contribution in [2.24, 2.45) is 5.92 Å². The van der Waals surface area contributed by atoms with E-state index in [1.807, 2.05) is 0 Å². The summed E-state index contributed by atoms with van der Waals surface area (Å²) in [6.45, 7) is 2.88. The van der Waals surface area contributed by atoms with Crippen molar-refractivity contribution in [1.29, 1.82) is 0 Å².